The number of piperidine rings is 1. The van der Waals surface area contributed by atoms with E-state index in [0.29, 0.717) is 17.5 Å². The molecule has 0 radical (unpaired) electrons. The standard InChI is InChI=1S/C14H30N2/c1-11(2)15(7)13-8-9-16(12(3)4)10-14(13,5)6/h11-13H,8-10H2,1-7H3. The van der Waals surface area contributed by atoms with Crippen LogP contribution < -0.4 is 0 Å². The number of hydrogen-bond acceptors (Lipinski definition) is 2. The maximum Gasteiger partial charge on any atom is 0.0170 e. The van der Waals surface area contributed by atoms with Crippen LogP contribution in [0.1, 0.15) is 48.0 Å². The van der Waals surface area contributed by atoms with E-state index in [0.717, 1.165) is 6.04 Å². The van der Waals surface area contributed by atoms with E-state index >= 15 is 0 Å². The number of likely N-dealkylation sites (tertiary alicyclic amines) is 1. The fourth-order valence-electron chi connectivity index (χ4n) is 2.94. The molecule has 0 aliphatic carbocycles. The molecule has 1 heterocycles. The normalized spacial score (nSPS) is 27.0. The Bertz CT molecular complexity index is 221. The average Bonchev–Trinajstić information content (AvgIpc) is 2.14. The maximum absolute atomic E-state index is 2.62. The van der Waals surface area contributed by atoms with Gasteiger partial charge >= 0.3 is 0 Å². The molecule has 0 aromatic carbocycles. The first-order valence-electron chi connectivity index (χ1n) is 6.71. The lowest BCUT2D eigenvalue weighted by atomic mass is 9.77. The Balaban J connectivity index is 2.70. The molecule has 1 fully saturated rings. The fraction of sp³-hybridized carbons (Fsp3) is 1.00. The topological polar surface area (TPSA) is 6.48 Å². The van der Waals surface area contributed by atoms with Gasteiger partial charge in [-0.25, -0.2) is 0 Å². The summed E-state index contributed by atoms with van der Waals surface area (Å²) >= 11 is 0. The molecule has 0 amide bonds. The van der Waals surface area contributed by atoms with Gasteiger partial charge in [0.2, 0.25) is 0 Å². The van der Waals surface area contributed by atoms with E-state index < -0.39 is 0 Å². The summed E-state index contributed by atoms with van der Waals surface area (Å²) in [4.78, 5) is 5.17. The van der Waals surface area contributed by atoms with Gasteiger partial charge in [0.25, 0.3) is 0 Å². The summed E-state index contributed by atoms with van der Waals surface area (Å²) < 4.78 is 0. The van der Waals surface area contributed by atoms with Crippen LogP contribution in [0.2, 0.25) is 0 Å². The average molecular weight is 226 g/mol. The molecular formula is C14H30N2. The van der Waals surface area contributed by atoms with Gasteiger partial charge in [0.1, 0.15) is 0 Å². The van der Waals surface area contributed by atoms with Gasteiger partial charge in [-0.3, -0.25) is 0 Å². The van der Waals surface area contributed by atoms with Crippen molar-refractivity contribution in [2.45, 2.75) is 66.1 Å². The highest BCUT2D eigenvalue weighted by Gasteiger charge is 2.39. The zero-order valence-electron chi connectivity index (χ0n) is 12.2. The van der Waals surface area contributed by atoms with E-state index in [-0.39, 0.29) is 0 Å². The minimum Gasteiger partial charge on any atom is -0.300 e. The summed E-state index contributed by atoms with van der Waals surface area (Å²) in [5.41, 5.74) is 0.404. The van der Waals surface area contributed by atoms with Gasteiger partial charge in [-0.05, 0) is 53.1 Å². The summed E-state index contributed by atoms with van der Waals surface area (Å²) in [5, 5.41) is 0. The van der Waals surface area contributed by atoms with Crippen molar-refractivity contribution in [2.75, 3.05) is 20.1 Å². The zero-order valence-corrected chi connectivity index (χ0v) is 12.2. The lowest BCUT2D eigenvalue weighted by Gasteiger charge is -2.50. The van der Waals surface area contributed by atoms with Crippen LogP contribution in [-0.2, 0) is 0 Å². The van der Waals surface area contributed by atoms with Gasteiger partial charge in [0.15, 0.2) is 0 Å². The first kappa shape index (κ1) is 14.0. The first-order chi connectivity index (χ1) is 7.25. The van der Waals surface area contributed by atoms with Crippen molar-refractivity contribution in [2.24, 2.45) is 5.41 Å². The molecule has 2 nitrogen and oxygen atoms in total. The molecule has 96 valence electrons. The third kappa shape index (κ3) is 2.98. The van der Waals surface area contributed by atoms with Crippen molar-refractivity contribution in [1.82, 2.24) is 9.80 Å². The summed E-state index contributed by atoms with van der Waals surface area (Å²) in [7, 11) is 2.28. The molecule has 0 N–H and O–H groups in total. The molecule has 1 saturated heterocycles. The van der Waals surface area contributed by atoms with Crippen LogP contribution in [0.25, 0.3) is 0 Å². The van der Waals surface area contributed by atoms with E-state index in [1.54, 1.807) is 0 Å². The summed E-state index contributed by atoms with van der Waals surface area (Å²) in [6.45, 7) is 16.5. The molecule has 1 atom stereocenters. The number of rotatable bonds is 3. The smallest absolute Gasteiger partial charge is 0.0170 e. The van der Waals surface area contributed by atoms with Crippen LogP contribution in [-0.4, -0.2) is 48.1 Å². The SMILES string of the molecule is CC(C)N1CCC(N(C)C(C)C)C(C)(C)C1. The summed E-state index contributed by atoms with van der Waals surface area (Å²) in [6, 6.07) is 2.06. The van der Waals surface area contributed by atoms with Crippen LogP contribution in [0, 0.1) is 5.41 Å². The monoisotopic (exact) mass is 226 g/mol. The Kier molecular flexibility index (Phi) is 4.42. The number of hydrogen-bond donors (Lipinski definition) is 0. The van der Waals surface area contributed by atoms with E-state index in [2.05, 4.69) is 58.4 Å². The highest BCUT2D eigenvalue weighted by molar-refractivity contribution is 4.93. The molecule has 2 heteroatoms. The lowest BCUT2D eigenvalue weighted by molar-refractivity contribution is -0.00584. The van der Waals surface area contributed by atoms with Crippen molar-refractivity contribution in [3.63, 3.8) is 0 Å². The van der Waals surface area contributed by atoms with Crippen molar-refractivity contribution in [3.8, 4) is 0 Å². The van der Waals surface area contributed by atoms with Crippen molar-refractivity contribution in [1.29, 1.82) is 0 Å². The van der Waals surface area contributed by atoms with Crippen LogP contribution in [0.15, 0.2) is 0 Å². The Morgan fingerprint density at radius 3 is 2.12 bits per heavy atom. The molecule has 1 aliphatic rings. The third-order valence-electron chi connectivity index (χ3n) is 4.24. The molecule has 0 bridgehead atoms. The number of nitrogens with zero attached hydrogens (tertiary/aromatic N) is 2. The van der Waals surface area contributed by atoms with E-state index in [4.69, 9.17) is 0 Å². The predicted molar refractivity (Wildman–Crippen MR) is 71.8 cm³/mol. The second-order valence-electron chi connectivity index (χ2n) is 6.62. The highest BCUT2D eigenvalue weighted by Crippen LogP contribution is 2.34. The van der Waals surface area contributed by atoms with Crippen LogP contribution in [0.4, 0.5) is 0 Å². The molecule has 0 aromatic heterocycles. The van der Waals surface area contributed by atoms with Gasteiger partial charge in [-0.1, -0.05) is 13.8 Å². The highest BCUT2D eigenvalue weighted by atomic mass is 15.2. The van der Waals surface area contributed by atoms with Crippen molar-refractivity contribution >= 4 is 0 Å². The molecule has 1 aliphatic heterocycles. The second kappa shape index (κ2) is 5.05. The van der Waals surface area contributed by atoms with Crippen molar-refractivity contribution < 1.29 is 0 Å². The molecule has 1 rings (SSSR count). The predicted octanol–water partition coefficient (Wildman–Crippen LogP) is 2.84. The molecule has 0 saturated carbocycles. The van der Waals surface area contributed by atoms with Crippen LogP contribution in [0.3, 0.4) is 0 Å². The Labute approximate surface area is 102 Å². The second-order valence-corrected chi connectivity index (χ2v) is 6.62. The van der Waals surface area contributed by atoms with E-state index in [1.807, 2.05) is 0 Å². The van der Waals surface area contributed by atoms with Gasteiger partial charge in [-0.15, -0.1) is 0 Å². The Morgan fingerprint density at radius 2 is 1.75 bits per heavy atom. The summed E-state index contributed by atoms with van der Waals surface area (Å²) in [5.74, 6) is 0. The van der Waals surface area contributed by atoms with Gasteiger partial charge < -0.3 is 9.80 Å². The molecule has 0 aromatic rings. The minimum absolute atomic E-state index is 0.404. The van der Waals surface area contributed by atoms with Crippen LogP contribution >= 0.6 is 0 Å². The molecule has 1 unspecified atom stereocenters. The molecule has 0 spiro atoms. The van der Waals surface area contributed by atoms with E-state index in [1.165, 1.54) is 19.5 Å². The van der Waals surface area contributed by atoms with Gasteiger partial charge in [0.05, 0.1) is 0 Å². The van der Waals surface area contributed by atoms with Crippen molar-refractivity contribution in [3.05, 3.63) is 0 Å². The minimum atomic E-state index is 0.404. The third-order valence-corrected chi connectivity index (χ3v) is 4.24. The Morgan fingerprint density at radius 1 is 1.19 bits per heavy atom. The molecular weight excluding hydrogens is 196 g/mol. The zero-order chi connectivity index (χ0) is 12.5. The van der Waals surface area contributed by atoms with Gasteiger partial charge in [-0.2, -0.15) is 0 Å². The molecule has 16 heavy (non-hydrogen) atoms. The Hall–Kier alpha value is -0.0800. The lowest BCUT2D eigenvalue weighted by Crippen LogP contribution is -2.57. The van der Waals surface area contributed by atoms with Crippen LogP contribution in [0.5, 0.6) is 0 Å². The quantitative estimate of drug-likeness (QED) is 0.730. The fourth-order valence-corrected chi connectivity index (χ4v) is 2.94. The maximum atomic E-state index is 2.62. The van der Waals surface area contributed by atoms with Gasteiger partial charge in [0, 0.05) is 24.7 Å². The summed E-state index contributed by atoms with van der Waals surface area (Å²) in [6.07, 6.45) is 1.31. The first-order valence-corrected chi connectivity index (χ1v) is 6.71. The van der Waals surface area contributed by atoms with E-state index in [9.17, 15) is 0 Å². The largest absolute Gasteiger partial charge is 0.300 e.